The standard InChI is InChI=1S/C31H45FN5O3/c1-3-4-5-7-15-33-21-39-22-37(19-14-26-23(2)34-29-9-6-8-16-36(29)31(26)38)17-12-24(13-18-37)30-27-11-10-25(32)20-28(27)40-35-30/h10-11,20,24,33H,3-9,12-19,21-22H2,1-2H3/q+1. The van der Waals surface area contributed by atoms with Crippen LogP contribution in [0.2, 0.25) is 0 Å². The smallest absolute Gasteiger partial charge is 0.257 e. The molecule has 40 heavy (non-hydrogen) atoms. The van der Waals surface area contributed by atoms with Crippen molar-refractivity contribution in [1.82, 2.24) is 20.0 Å². The minimum atomic E-state index is -0.312. The van der Waals surface area contributed by atoms with Gasteiger partial charge in [-0.2, -0.15) is 0 Å². The fourth-order valence-electron chi connectivity index (χ4n) is 6.46. The number of hydrogen-bond donors (Lipinski definition) is 1. The van der Waals surface area contributed by atoms with Crippen LogP contribution in [0.15, 0.2) is 27.5 Å². The molecule has 0 saturated carbocycles. The van der Waals surface area contributed by atoms with Crippen molar-refractivity contribution in [3.63, 3.8) is 0 Å². The number of rotatable bonds is 13. The van der Waals surface area contributed by atoms with Gasteiger partial charge in [-0.1, -0.05) is 31.3 Å². The molecule has 8 nitrogen and oxygen atoms in total. The van der Waals surface area contributed by atoms with E-state index in [-0.39, 0.29) is 17.3 Å². The molecule has 0 aliphatic carbocycles. The number of nitrogens with zero attached hydrogens (tertiary/aromatic N) is 4. The number of piperidine rings is 1. The molecule has 2 aromatic heterocycles. The third kappa shape index (κ3) is 6.64. The second-order valence-electron chi connectivity index (χ2n) is 11.8. The molecule has 2 aliphatic heterocycles. The van der Waals surface area contributed by atoms with Crippen LogP contribution >= 0.6 is 0 Å². The summed E-state index contributed by atoms with van der Waals surface area (Å²) in [7, 11) is 0. The van der Waals surface area contributed by atoms with Crippen LogP contribution in [-0.2, 0) is 24.1 Å². The van der Waals surface area contributed by atoms with E-state index in [1.54, 1.807) is 6.07 Å². The SMILES string of the molecule is CCCCCCNCOC[N+]1(CCc2c(C)nc3n(c2=O)CCCC3)CCC(c2noc3cc(F)ccc23)CC1. The number of aromatic nitrogens is 3. The highest BCUT2D eigenvalue weighted by Crippen LogP contribution is 2.35. The Hall–Kier alpha value is -2.62. The Morgan fingerprint density at radius 1 is 1.20 bits per heavy atom. The molecule has 0 spiro atoms. The molecule has 1 N–H and O–H groups in total. The lowest BCUT2D eigenvalue weighted by atomic mass is 9.90. The second-order valence-corrected chi connectivity index (χ2v) is 11.8. The molecule has 4 heterocycles. The number of aryl methyl sites for hydroxylation is 2. The fourth-order valence-corrected chi connectivity index (χ4v) is 6.46. The Balaban J connectivity index is 1.26. The van der Waals surface area contributed by atoms with Crippen molar-refractivity contribution in [1.29, 1.82) is 0 Å². The number of likely N-dealkylation sites (tertiary alicyclic amines) is 1. The largest absolute Gasteiger partial charge is 0.356 e. The van der Waals surface area contributed by atoms with Crippen LogP contribution < -0.4 is 10.9 Å². The second kappa shape index (κ2) is 13.4. The molecule has 0 amide bonds. The first-order valence-electron chi connectivity index (χ1n) is 15.3. The molecular formula is C31H45FN5O3+. The van der Waals surface area contributed by atoms with E-state index < -0.39 is 0 Å². The lowest BCUT2D eigenvalue weighted by Crippen LogP contribution is -2.55. The Morgan fingerprint density at radius 3 is 2.88 bits per heavy atom. The number of quaternary nitrogens is 1. The summed E-state index contributed by atoms with van der Waals surface area (Å²) in [5, 5.41) is 8.68. The van der Waals surface area contributed by atoms with Gasteiger partial charge in [-0.15, -0.1) is 0 Å². The van der Waals surface area contributed by atoms with E-state index in [0.717, 1.165) is 97.5 Å². The Bertz CT molecular complexity index is 1330. The van der Waals surface area contributed by atoms with Crippen LogP contribution in [0.3, 0.4) is 0 Å². The first kappa shape index (κ1) is 28.9. The monoisotopic (exact) mass is 554 g/mol. The number of nitrogens with one attached hydrogen (secondary N) is 1. The zero-order chi connectivity index (χ0) is 28.0. The summed E-state index contributed by atoms with van der Waals surface area (Å²) in [4.78, 5) is 18.2. The van der Waals surface area contributed by atoms with E-state index in [0.29, 0.717) is 25.5 Å². The summed E-state index contributed by atoms with van der Waals surface area (Å²) in [5.74, 6) is 0.885. The van der Waals surface area contributed by atoms with E-state index >= 15 is 0 Å². The molecule has 1 aromatic carbocycles. The quantitative estimate of drug-likeness (QED) is 0.178. The zero-order valence-electron chi connectivity index (χ0n) is 24.2. The fraction of sp³-hybridized carbons (Fsp3) is 0.645. The van der Waals surface area contributed by atoms with Gasteiger partial charge in [0.05, 0.1) is 25.3 Å². The maximum atomic E-state index is 13.7. The Morgan fingerprint density at radius 2 is 2.05 bits per heavy atom. The first-order chi connectivity index (χ1) is 19.5. The summed E-state index contributed by atoms with van der Waals surface area (Å²) in [5.41, 5.74) is 3.30. The van der Waals surface area contributed by atoms with Crippen molar-refractivity contribution in [2.45, 2.75) is 90.5 Å². The van der Waals surface area contributed by atoms with Gasteiger partial charge in [0, 0.05) is 60.9 Å². The van der Waals surface area contributed by atoms with Gasteiger partial charge in [0.1, 0.15) is 18.4 Å². The molecule has 0 unspecified atom stereocenters. The highest BCUT2D eigenvalue weighted by Gasteiger charge is 2.37. The van der Waals surface area contributed by atoms with Gasteiger partial charge in [0.15, 0.2) is 12.3 Å². The molecule has 9 heteroatoms. The van der Waals surface area contributed by atoms with E-state index in [1.807, 2.05) is 11.5 Å². The van der Waals surface area contributed by atoms with Gasteiger partial charge in [-0.3, -0.25) is 14.7 Å². The molecule has 0 radical (unpaired) electrons. The predicted octanol–water partition coefficient (Wildman–Crippen LogP) is 5.21. The average molecular weight is 555 g/mol. The average Bonchev–Trinajstić information content (AvgIpc) is 3.38. The molecule has 0 bridgehead atoms. The van der Waals surface area contributed by atoms with E-state index in [1.165, 1.54) is 37.8 Å². The lowest BCUT2D eigenvalue weighted by molar-refractivity contribution is -0.950. The maximum Gasteiger partial charge on any atom is 0.257 e. The van der Waals surface area contributed by atoms with Gasteiger partial charge < -0.3 is 13.7 Å². The molecule has 1 saturated heterocycles. The third-order valence-corrected chi connectivity index (χ3v) is 8.95. The minimum Gasteiger partial charge on any atom is -0.356 e. The molecule has 2 aliphatic rings. The molecule has 3 aromatic rings. The van der Waals surface area contributed by atoms with Gasteiger partial charge in [0.25, 0.3) is 5.56 Å². The summed E-state index contributed by atoms with van der Waals surface area (Å²) >= 11 is 0. The zero-order valence-corrected chi connectivity index (χ0v) is 24.2. The van der Waals surface area contributed by atoms with Gasteiger partial charge in [-0.05, 0) is 44.9 Å². The van der Waals surface area contributed by atoms with Crippen molar-refractivity contribution in [3.8, 4) is 0 Å². The van der Waals surface area contributed by atoms with Crippen LogP contribution in [0.5, 0.6) is 0 Å². The molecule has 1 fully saturated rings. The van der Waals surface area contributed by atoms with Crippen molar-refractivity contribution in [2.24, 2.45) is 0 Å². The number of benzene rings is 1. The molecule has 5 rings (SSSR count). The van der Waals surface area contributed by atoms with E-state index in [2.05, 4.69) is 17.4 Å². The maximum absolute atomic E-state index is 13.7. The highest BCUT2D eigenvalue weighted by atomic mass is 19.1. The number of unbranched alkanes of at least 4 members (excludes halogenated alkanes) is 3. The van der Waals surface area contributed by atoms with Crippen LogP contribution in [0.4, 0.5) is 4.39 Å². The number of ether oxygens (including phenoxy) is 1. The van der Waals surface area contributed by atoms with Crippen LogP contribution in [-0.4, -0.2) is 58.8 Å². The van der Waals surface area contributed by atoms with E-state index in [4.69, 9.17) is 14.2 Å². The Kier molecular flexibility index (Phi) is 9.65. The summed E-state index contributed by atoms with van der Waals surface area (Å²) < 4.78 is 28.1. The number of hydrogen-bond acceptors (Lipinski definition) is 6. The van der Waals surface area contributed by atoms with Crippen molar-refractivity contribution >= 4 is 11.0 Å². The predicted molar refractivity (Wildman–Crippen MR) is 154 cm³/mol. The first-order valence-corrected chi connectivity index (χ1v) is 15.3. The molecule has 0 atom stereocenters. The topological polar surface area (TPSA) is 82.2 Å². The summed E-state index contributed by atoms with van der Waals surface area (Å²) in [6, 6.07) is 4.66. The minimum absolute atomic E-state index is 0.145. The summed E-state index contributed by atoms with van der Waals surface area (Å²) in [6.45, 7) is 9.80. The van der Waals surface area contributed by atoms with Crippen LogP contribution in [0.25, 0.3) is 11.0 Å². The van der Waals surface area contributed by atoms with Gasteiger partial charge >= 0.3 is 0 Å². The van der Waals surface area contributed by atoms with Gasteiger partial charge in [-0.25, -0.2) is 9.37 Å². The van der Waals surface area contributed by atoms with Crippen molar-refractivity contribution in [3.05, 3.63) is 57.1 Å². The lowest BCUT2D eigenvalue weighted by Gasteiger charge is -2.43. The third-order valence-electron chi connectivity index (χ3n) is 8.95. The molecule has 218 valence electrons. The van der Waals surface area contributed by atoms with Crippen molar-refractivity contribution in [2.75, 3.05) is 39.6 Å². The van der Waals surface area contributed by atoms with Crippen LogP contribution in [0.1, 0.15) is 87.0 Å². The summed E-state index contributed by atoms with van der Waals surface area (Å²) in [6.07, 6.45) is 10.5. The van der Waals surface area contributed by atoms with Crippen molar-refractivity contribution < 1.29 is 18.1 Å². The number of halogens is 1. The van der Waals surface area contributed by atoms with E-state index in [9.17, 15) is 9.18 Å². The Labute approximate surface area is 236 Å². The molecular weight excluding hydrogens is 509 g/mol. The normalized spacial score (nSPS) is 21.1. The number of fused-ring (bicyclic) bond motifs is 2. The highest BCUT2D eigenvalue weighted by molar-refractivity contribution is 5.79. The van der Waals surface area contributed by atoms with Crippen LogP contribution in [0, 0.1) is 12.7 Å². The van der Waals surface area contributed by atoms with Gasteiger partial charge in [0.2, 0.25) is 0 Å².